The minimum absolute atomic E-state index is 0. The zero-order chi connectivity index (χ0) is 13.4. The molecule has 0 bridgehead atoms. The number of piperazine rings is 1. The smallest absolute Gasteiger partial charge is 0.219 e. The van der Waals surface area contributed by atoms with Gasteiger partial charge < -0.3 is 16.0 Å². The third-order valence-corrected chi connectivity index (χ3v) is 2.94. The Balaban J connectivity index is 0.00000324. The molecule has 1 amide bonds. The average molecular weight is 381 g/mol. The van der Waals surface area contributed by atoms with E-state index < -0.39 is 0 Å². The number of carbonyl (C=O) groups excluding carboxylic acids is 1. The van der Waals surface area contributed by atoms with E-state index in [1.807, 2.05) is 4.90 Å². The summed E-state index contributed by atoms with van der Waals surface area (Å²) in [6.07, 6.45) is 1.74. The molecule has 0 aromatic rings. The number of rotatable bonds is 5. The molecule has 1 saturated heterocycles. The highest BCUT2D eigenvalue weighted by Gasteiger charge is 2.17. The van der Waals surface area contributed by atoms with Crippen molar-refractivity contribution in [3.63, 3.8) is 0 Å². The van der Waals surface area contributed by atoms with Crippen molar-refractivity contribution < 1.29 is 4.79 Å². The molecule has 1 aliphatic rings. The van der Waals surface area contributed by atoms with Gasteiger partial charge in [-0.05, 0) is 0 Å². The minimum atomic E-state index is 0. The van der Waals surface area contributed by atoms with Crippen LogP contribution in [0.15, 0.2) is 17.6 Å². The van der Waals surface area contributed by atoms with Gasteiger partial charge in [0.25, 0.3) is 0 Å². The van der Waals surface area contributed by atoms with Gasteiger partial charge in [0.05, 0.1) is 6.54 Å². The van der Waals surface area contributed by atoms with Gasteiger partial charge in [-0.1, -0.05) is 6.08 Å². The van der Waals surface area contributed by atoms with Crippen LogP contribution in [0.3, 0.4) is 0 Å². The van der Waals surface area contributed by atoms with Crippen LogP contribution in [0.25, 0.3) is 0 Å². The maximum absolute atomic E-state index is 11.2. The minimum Gasteiger partial charge on any atom is -0.370 e. The van der Waals surface area contributed by atoms with Crippen molar-refractivity contribution in [1.82, 2.24) is 15.1 Å². The quantitative estimate of drug-likeness (QED) is 0.301. The number of guanidine groups is 1. The summed E-state index contributed by atoms with van der Waals surface area (Å²) in [5.74, 6) is 0.614. The van der Waals surface area contributed by atoms with Gasteiger partial charge in [0.1, 0.15) is 0 Å². The van der Waals surface area contributed by atoms with Gasteiger partial charge in [-0.3, -0.25) is 14.7 Å². The fourth-order valence-electron chi connectivity index (χ4n) is 1.83. The number of hydrogen-bond acceptors (Lipinski definition) is 3. The summed E-state index contributed by atoms with van der Waals surface area (Å²) in [7, 11) is 0. The van der Waals surface area contributed by atoms with Gasteiger partial charge in [-0.2, -0.15) is 0 Å². The fourth-order valence-corrected chi connectivity index (χ4v) is 1.83. The highest BCUT2D eigenvalue weighted by atomic mass is 127. The van der Waals surface area contributed by atoms with Crippen molar-refractivity contribution in [3.05, 3.63) is 12.7 Å². The van der Waals surface area contributed by atoms with Crippen molar-refractivity contribution >= 4 is 35.8 Å². The van der Waals surface area contributed by atoms with E-state index in [9.17, 15) is 4.79 Å². The van der Waals surface area contributed by atoms with E-state index in [0.29, 0.717) is 19.0 Å². The number of nitrogens with one attached hydrogen (secondary N) is 1. The van der Waals surface area contributed by atoms with E-state index in [1.54, 1.807) is 13.0 Å². The predicted octanol–water partition coefficient (Wildman–Crippen LogP) is -0.141. The van der Waals surface area contributed by atoms with Crippen LogP contribution < -0.4 is 11.1 Å². The summed E-state index contributed by atoms with van der Waals surface area (Å²) < 4.78 is 0. The monoisotopic (exact) mass is 381 g/mol. The molecule has 6 nitrogen and oxygen atoms in total. The van der Waals surface area contributed by atoms with Crippen LogP contribution in [-0.4, -0.2) is 67.5 Å². The SMILES string of the molecule is C=CCNC(N)=NCCN1CCN(C(C)=O)CC1.I. The molecular formula is C12H24IN5O. The maximum Gasteiger partial charge on any atom is 0.219 e. The second-order valence-electron chi connectivity index (χ2n) is 4.28. The summed E-state index contributed by atoms with van der Waals surface area (Å²) in [6, 6.07) is 0. The van der Waals surface area contributed by atoms with Gasteiger partial charge in [-0.25, -0.2) is 0 Å². The van der Waals surface area contributed by atoms with Gasteiger partial charge in [0, 0.05) is 46.2 Å². The number of nitrogens with zero attached hydrogens (tertiary/aromatic N) is 3. The normalized spacial score (nSPS) is 16.7. The Bertz CT molecular complexity index is 313. The number of hydrogen-bond donors (Lipinski definition) is 2. The van der Waals surface area contributed by atoms with Gasteiger partial charge in [0.2, 0.25) is 5.91 Å². The maximum atomic E-state index is 11.2. The molecule has 0 saturated carbocycles. The van der Waals surface area contributed by atoms with E-state index in [2.05, 4.69) is 21.8 Å². The Morgan fingerprint density at radius 1 is 1.42 bits per heavy atom. The van der Waals surface area contributed by atoms with E-state index >= 15 is 0 Å². The molecule has 1 rings (SSSR count). The van der Waals surface area contributed by atoms with E-state index in [-0.39, 0.29) is 29.9 Å². The first-order chi connectivity index (χ1) is 8.63. The molecule has 110 valence electrons. The molecule has 0 atom stereocenters. The molecule has 0 spiro atoms. The Hall–Kier alpha value is -0.830. The van der Waals surface area contributed by atoms with Crippen molar-refractivity contribution in [3.8, 4) is 0 Å². The van der Waals surface area contributed by atoms with E-state index in [1.165, 1.54) is 0 Å². The van der Waals surface area contributed by atoms with E-state index in [4.69, 9.17) is 5.73 Å². The Labute approximate surface area is 132 Å². The molecular weight excluding hydrogens is 357 g/mol. The second-order valence-corrected chi connectivity index (χ2v) is 4.28. The first-order valence-corrected chi connectivity index (χ1v) is 6.26. The molecule has 0 aromatic carbocycles. The van der Waals surface area contributed by atoms with Crippen molar-refractivity contribution in [1.29, 1.82) is 0 Å². The third kappa shape index (κ3) is 7.36. The first-order valence-electron chi connectivity index (χ1n) is 6.26. The van der Waals surface area contributed by atoms with E-state index in [0.717, 1.165) is 32.7 Å². The Kier molecular flexibility index (Phi) is 9.58. The van der Waals surface area contributed by atoms with Crippen molar-refractivity contribution in [2.24, 2.45) is 10.7 Å². The number of carbonyl (C=O) groups is 1. The summed E-state index contributed by atoms with van der Waals surface area (Å²) in [5, 5.41) is 2.93. The summed E-state index contributed by atoms with van der Waals surface area (Å²) in [5.41, 5.74) is 5.66. The molecule has 19 heavy (non-hydrogen) atoms. The highest BCUT2D eigenvalue weighted by Crippen LogP contribution is 2.01. The van der Waals surface area contributed by atoms with Gasteiger partial charge in [0.15, 0.2) is 5.96 Å². The highest BCUT2D eigenvalue weighted by molar-refractivity contribution is 14.0. The fraction of sp³-hybridized carbons (Fsp3) is 0.667. The standard InChI is InChI=1S/C12H23N5O.HI/c1-3-4-14-12(13)15-5-6-16-7-9-17(10-8-16)11(2)18;/h3H,1,4-10H2,2H3,(H3,13,14,15);1H. The topological polar surface area (TPSA) is 74.0 Å². The predicted molar refractivity (Wildman–Crippen MR) is 88.8 cm³/mol. The Morgan fingerprint density at radius 3 is 2.58 bits per heavy atom. The molecule has 0 aliphatic carbocycles. The lowest BCUT2D eigenvalue weighted by atomic mass is 10.3. The molecule has 0 aromatic heterocycles. The molecule has 0 radical (unpaired) electrons. The van der Waals surface area contributed by atoms with Crippen LogP contribution in [0.5, 0.6) is 0 Å². The lowest BCUT2D eigenvalue weighted by molar-refractivity contribution is -0.130. The van der Waals surface area contributed by atoms with Crippen LogP contribution >= 0.6 is 24.0 Å². The first kappa shape index (κ1) is 18.2. The molecule has 1 aliphatic heterocycles. The van der Waals surface area contributed by atoms with Crippen molar-refractivity contribution in [2.75, 3.05) is 45.8 Å². The second kappa shape index (κ2) is 10.0. The Morgan fingerprint density at radius 2 is 2.05 bits per heavy atom. The van der Waals surface area contributed by atoms with Crippen LogP contribution in [0.1, 0.15) is 6.92 Å². The number of aliphatic imine (C=N–C) groups is 1. The lowest BCUT2D eigenvalue weighted by Crippen LogP contribution is -2.48. The number of halogens is 1. The number of nitrogens with two attached hydrogens (primary N) is 1. The summed E-state index contributed by atoms with van der Waals surface area (Å²) in [4.78, 5) is 19.6. The van der Waals surface area contributed by atoms with Crippen LogP contribution in [0, 0.1) is 0 Å². The summed E-state index contributed by atoms with van der Waals surface area (Å²) >= 11 is 0. The molecule has 1 fully saturated rings. The zero-order valence-electron chi connectivity index (χ0n) is 11.5. The van der Waals surface area contributed by atoms with Crippen LogP contribution in [0.2, 0.25) is 0 Å². The van der Waals surface area contributed by atoms with Crippen LogP contribution in [-0.2, 0) is 4.79 Å². The molecule has 1 heterocycles. The summed E-state index contributed by atoms with van der Waals surface area (Å²) in [6.45, 7) is 10.8. The van der Waals surface area contributed by atoms with Gasteiger partial charge in [-0.15, -0.1) is 30.6 Å². The molecule has 3 N–H and O–H groups in total. The molecule has 0 unspecified atom stereocenters. The molecule has 7 heteroatoms. The lowest BCUT2D eigenvalue weighted by Gasteiger charge is -2.33. The van der Waals surface area contributed by atoms with Crippen LogP contribution in [0.4, 0.5) is 0 Å². The van der Waals surface area contributed by atoms with Gasteiger partial charge >= 0.3 is 0 Å². The zero-order valence-corrected chi connectivity index (χ0v) is 13.8. The third-order valence-electron chi connectivity index (χ3n) is 2.94. The largest absolute Gasteiger partial charge is 0.370 e. The average Bonchev–Trinajstić information content (AvgIpc) is 2.37. The number of amides is 1. The van der Waals surface area contributed by atoms with Crippen molar-refractivity contribution in [2.45, 2.75) is 6.92 Å².